The molecule has 0 aliphatic carbocycles. The molecule has 5 nitrogen and oxygen atoms in total. The lowest BCUT2D eigenvalue weighted by molar-refractivity contribution is -0.128. The average molecular weight is 375 g/mol. The lowest BCUT2D eigenvalue weighted by atomic mass is 10.1. The molecule has 0 fully saturated rings. The molecule has 0 saturated heterocycles. The van der Waals surface area contributed by atoms with E-state index in [-0.39, 0.29) is 18.2 Å². The summed E-state index contributed by atoms with van der Waals surface area (Å²) in [5, 5.41) is 5.56. The van der Waals surface area contributed by atoms with Gasteiger partial charge in [0.1, 0.15) is 5.75 Å². The fraction of sp³-hybridized carbons (Fsp3) is 0.176. The van der Waals surface area contributed by atoms with Crippen LogP contribution in [0, 0.1) is 6.92 Å². The zero-order valence-electron chi connectivity index (χ0n) is 12.4. The third-order valence-corrected chi connectivity index (χ3v) is 4.03. The predicted molar refractivity (Wildman–Crippen MR) is 91.6 cm³/mol. The Kier molecular flexibility index (Phi) is 4.34. The van der Waals surface area contributed by atoms with E-state index in [4.69, 9.17) is 4.74 Å². The van der Waals surface area contributed by atoms with Crippen molar-refractivity contribution in [2.75, 3.05) is 10.6 Å². The van der Waals surface area contributed by atoms with Crippen molar-refractivity contribution >= 4 is 39.1 Å². The second-order valence-electron chi connectivity index (χ2n) is 5.30. The molecule has 6 heteroatoms. The lowest BCUT2D eigenvalue weighted by Crippen LogP contribution is -2.39. The number of hydrogen-bond donors (Lipinski definition) is 2. The van der Waals surface area contributed by atoms with E-state index in [1.165, 1.54) is 0 Å². The molecule has 1 atom stereocenters. The standard InChI is InChI=1S/C17H15BrN2O3/c1-10-8-11(18)6-7-12(10)19-16(21)9-15-17(22)20-13-4-2-3-5-14(13)23-15/h2-8,15H,9H2,1H3,(H,19,21)(H,20,22)/t15-/m0/s1. The summed E-state index contributed by atoms with van der Waals surface area (Å²) in [7, 11) is 0. The van der Waals surface area contributed by atoms with Crippen molar-refractivity contribution in [1.82, 2.24) is 0 Å². The summed E-state index contributed by atoms with van der Waals surface area (Å²) in [5.41, 5.74) is 2.28. The van der Waals surface area contributed by atoms with Crippen LogP contribution in [0.1, 0.15) is 12.0 Å². The van der Waals surface area contributed by atoms with Crippen LogP contribution in [0.5, 0.6) is 5.75 Å². The monoisotopic (exact) mass is 374 g/mol. The molecule has 23 heavy (non-hydrogen) atoms. The molecule has 0 saturated carbocycles. The normalized spacial score (nSPS) is 16.1. The van der Waals surface area contributed by atoms with Gasteiger partial charge in [-0.1, -0.05) is 28.1 Å². The number of anilines is 2. The van der Waals surface area contributed by atoms with E-state index in [0.717, 1.165) is 15.7 Å². The van der Waals surface area contributed by atoms with E-state index in [9.17, 15) is 9.59 Å². The molecule has 2 amide bonds. The number of carbonyl (C=O) groups excluding carboxylic acids is 2. The van der Waals surface area contributed by atoms with Gasteiger partial charge >= 0.3 is 0 Å². The number of halogens is 1. The largest absolute Gasteiger partial charge is 0.478 e. The molecule has 2 aromatic rings. The zero-order valence-corrected chi connectivity index (χ0v) is 14.0. The number of hydrogen-bond acceptors (Lipinski definition) is 3. The minimum atomic E-state index is -0.833. The lowest BCUT2D eigenvalue weighted by Gasteiger charge is -2.25. The number of aryl methyl sites for hydroxylation is 1. The van der Waals surface area contributed by atoms with Crippen molar-refractivity contribution in [3.8, 4) is 5.75 Å². The number of para-hydroxylation sites is 2. The topological polar surface area (TPSA) is 67.4 Å². The van der Waals surface area contributed by atoms with Gasteiger partial charge in [0.2, 0.25) is 5.91 Å². The van der Waals surface area contributed by atoms with Crippen LogP contribution in [0.25, 0.3) is 0 Å². The number of fused-ring (bicyclic) bond motifs is 1. The minimum Gasteiger partial charge on any atom is -0.478 e. The summed E-state index contributed by atoms with van der Waals surface area (Å²) >= 11 is 3.38. The molecule has 2 aromatic carbocycles. The molecular formula is C17H15BrN2O3. The van der Waals surface area contributed by atoms with Gasteiger partial charge in [-0.25, -0.2) is 0 Å². The molecule has 0 unspecified atom stereocenters. The van der Waals surface area contributed by atoms with Crippen molar-refractivity contribution < 1.29 is 14.3 Å². The van der Waals surface area contributed by atoms with Gasteiger partial charge in [0.15, 0.2) is 6.10 Å². The Balaban J connectivity index is 1.67. The van der Waals surface area contributed by atoms with Gasteiger partial charge < -0.3 is 15.4 Å². The minimum absolute atomic E-state index is 0.0460. The molecule has 1 aliphatic rings. The molecule has 0 bridgehead atoms. The van der Waals surface area contributed by atoms with Crippen molar-refractivity contribution in [2.45, 2.75) is 19.4 Å². The smallest absolute Gasteiger partial charge is 0.266 e. The Bertz CT molecular complexity index is 776. The summed E-state index contributed by atoms with van der Waals surface area (Å²) in [6.45, 7) is 1.90. The van der Waals surface area contributed by atoms with Gasteiger partial charge in [-0.15, -0.1) is 0 Å². The first-order valence-corrected chi connectivity index (χ1v) is 7.95. The first-order chi connectivity index (χ1) is 11.0. The number of benzene rings is 2. The van der Waals surface area contributed by atoms with Crippen LogP contribution in [0.4, 0.5) is 11.4 Å². The van der Waals surface area contributed by atoms with Crippen molar-refractivity contribution in [3.63, 3.8) is 0 Å². The van der Waals surface area contributed by atoms with E-state index < -0.39 is 6.10 Å². The Morgan fingerprint density at radius 2 is 2.09 bits per heavy atom. The summed E-state index contributed by atoms with van der Waals surface area (Å²) < 4.78 is 6.57. The number of rotatable bonds is 3. The van der Waals surface area contributed by atoms with Crippen molar-refractivity contribution in [2.24, 2.45) is 0 Å². The highest BCUT2D eigenvalue weighted by molar-refractivity contribution is 9.10. The van der Waals surface area contributed by atoms with E-state index in [1.807, 2.05) is 37.3 Å². The Morgan fingerprint density at radius 3 is 2.87 bits per heavy atom. The van der Waals surface area contributed by atoms with E-state index >= 15 is 0 Å². The van der Waals surface area contributed by atoms with Gasteiger partial charge in [0.05, 0.1) is 12.1 Å². The fourth-order valence-electron chi connectivity index (χ4n) is 2.36. The van der Waals surface area contributed by atoms with Gasteiger partial charge in [-0.2, -0.15) is 0 Å². The predicted octanol–water partition coefficient (Wildman–Crippen LogP) is 3.49. The SMILES string of the molecule is Cc1cc(Br)ccc1NC(=O)C[C@@H]1Oc2ccccc2NC1=O. The van der Waals surface area contributed by atoms with Crippen LogP contribution < -0.4 is 15.4 Å². The Labute approximate surface area is 142 Å². The number of carbonyl (C=O) groups is 2. The molecule has 1 aliphatic heterocycles. The highest BCUT2D eigenvalue weighted by atomic mass is 79.9. The summed E-state index contributed by atoms with van der Waals surface area (Å²) in [4.78, 5) is 24.2. The third kappa shape index (κ3) is 3.53. The summed E-state index contributed by atoms with van der Waals surface area (Å²) in [6, 6.07) is 12.7. The first kappa shape index (κ1) is 15.6. The Hall–Kier alpha value is -2.34. The maximum Gasteiger partial charge on any atom is 0.266 e. The van der Waals surface area contributed by atoms with Crippen LogP contribution >= 0.6 is 15.9 Å². The number of ether oxygens (including phenoxy) is 1. The first-order valence-electron chi connectivity index (χ1n) is 7.15. The van der Waals surface area contributed by atoms with Crippen LogP contribution in [-0.2, 0) is 9.59 Å². The van der Waals surface area contributed by atoms with Crippen molar-refractivity contribution in [3.05, 3.63) is 52.5 Å². The van der Waals surface area contributed by atoms with Gasteiger partial charge in [-0.05, 0) is 42.8 Å². The molecule has 3 rings (SSSR count). The van der Waals surface area contributed by atoms with E-state index in [2.05, 4.69) is 26.6 Å². The molecule has 0 spiro atoms. The molecule has 0 radical (unpaired) electrons. The van der Waals surface area contributed by atoms with Gasteiger partial charge in [-0.3, -0.25) is 9.59 Å². The summed E-state index contributed by atoms with van der Waals surface area (Å²) in [6.07, 6.45) is -0.879. The van der Waals surface area contributed by atoms with Gasteiger partial charge in [0, 0.05) is 10.2 Å². The van der Waals surface area contributed by atoms with Gasteiger partial charge in [0.25, 0.3) is 5.91 Å². The molecular weight excluding hydrogens is 360 g/mol. The molecule has 2 N–H and O–H groups in total. The van der Waals surface area contributed by atoms with E-state index in [0.29, 0.717) is 11.4 Å². The van der Waals surface area contributed by atoms with Crippen molar-refractivity contribution in [1.29, 1.82) is 0 Å². The second kappa shape index (κ2) is 6.42. The van der Waals surface area contributed by atoms with Crippen LogP contribution in [-0.4, -0.2) is 17.9 Å². The zero-order chi connectivity index (χ0) is 16.4. The van der Waals surface area contributed by atoms with Crippen LogP contribution in [0.15, 0.2) is 46.9 Å². The van der Waals surface area contributed by atoms with Crippen LogP contribution in [0.2, 0.25) is 0 Å². The number of amides is 2. The quantitative estimate of drug-likeness (QED) is 0.863. The highest BCUT2D eigenvalue weighted by Crippen LogP contribution is 2.29. The maximum atomic E-state index is 12.2. The maximum absolute atomic E-state index is 12.2. The molecule has 0 aromatic heterocycles. The molecule has 1 heterocycles. The average Bonchev–Trinajstić information content (AvgIpc) is 2.51. The Morgan fingerprint density at radius 1 is 1.30 bits per heavy atom. The summed E-state index contributed by atoms with van der Waals surface area (Å²) in [5.74, 6) is -0.00828. The van der Waals surface area contributed by atoms with Crippen LogP contribution in [0.3, 0.4) is 0 Å². The van der Waals surface area contributed by atoms with E-state index in [1.54, 1.807) is 12.1 Å². The third-order valence-electron chi connectivity index (χ3n) is 3.54. The fourth-order valence-corrected chi connectivity index (χ4v) is 2.84. The second-order valence-corrected chi connectivity index (χ2v) is 6.22. The highest BCUT2D eigenvalue weighted by Gasteiger charge is 2.29. The molecule has 118 valence electrons. The number of nitrogens with one attached hydrogen (secondary N) is 2.